The van der Waals surface area contributed by atoms with E-state index in [2.05, 4.69) is 11.2 Å². The monoisotopic (exact) mass is 211 g/mol. The van der Waals surface area contributed by atoms with Crippen LogP contribution in [-0.2, 0) is 19.1 Å². The molecule has 0 spiro atoms. The third-order valence-corrected chi connectivity index (χ3v) is 1.93. The topological polar surface area (TPSA) is 64.6 Å². The zero-order valence-corrected chi connectivity index (χ0v) is 8.32. The molecule has 0 aromatic rings. The second kappa shape index (κ2) is 6.04. The summed E-state index contributed by atoms with van der Waals surface area (Å²) in [4.78, 5) is 22.3. The van der Waals surface area contributed by atoms with Gasteiger partial charge < -0.3 is 14.8 Å². The van der Waals surface area contributed by atoms with Crippen molar-refractivity contribution >= 4 is 11.9 Å². The Bertz CT molecular complexity index is 276. The summed E-state index contributed by atoms with van der Waals surface area (Å²) < 4.78 is 9.83. The van der Waals surface area contributed by atoms with Crippen LogP contribution in [0.4, 0.5) is 0 Å². The van der Waals surface area contributed by atoms with Gasteiger partial charge in [0.05, 0.1) is 6.54 Å². The van der Waals surface area contributed by atoms with E-state index in [0.717, 1.165) is 6.42 Å². The fraction of sp³-hybridized carbons (Fsp3) is 0.600. The average Bonchev–Trinajstić information content (AvgIpc) is 2.76. The summed E-state index contributed by atoms with van der Waals surface area (Å²) in [6.07, 6.45) is 5.94. The van der Waals surface area contributed by atoms with Crippen molar-refractivity contribution < 1.29 is 19.1 Å². The predicted molar refractivity (Wildman–Crippen MR) is 51.8 cm³/mol. The van der Waals surface area contributed by atoms with E-state index in [1.54, 1.807) is 0 Å². The first kappa shape index (κ1) is 11.5. The molecule has 15 heavy (non-hydrogen) atoms. The third kappa shape index (κ3) is 4.00. The zero-order valence-electron chi connectivity index (χ0n) is 8.32. The molecule has 1 fully saturated rings. The predicted octanol–water partition coefficient (Wildman–Crippen LogP) is -0.542. The summed E-state index contributed by atoms with van der Waals surface area (Å²) >= 11 is 0. The second-order valence-corrected chi connectivity index (χ2v) is 3.09. The van der Waals surface area contributed by atoms with Crippen LogP contribution in [-0.4, -0.2) is 37.7 Å². The number of ether oxygens (including phenoxy) is 2. The van der Waals surface area contributed by atoms with Crippen LogP contribution in [0.2, 0.25) is 0 Å². The van der Waals surface area contributed by atoms with Crippen molar-refractivity contribution in [1.29, 1.82) is 0 Å². The van der Waals surface area contributed by atoms with Crippen molar-refractivity contribution in [3.8, 4) is 12.3 Å². The largest absolute Gasteiger partial charge is 0.454 e. The number of nitrogens with one attached hydrogen (secondary N) is 1. The van der Waals surface area contributed by atoms with Crippen molar-refractivity contribution in [1.82, 2.24) is 5.32 Å². The molecular formula is C10H13NO4. The Balaban J connectivity index is 2.16. The zero-order chi connectivity index (χ0) is 11.1. The lowest BCUT2D eigenvalue weighted by atomic mass is 10.2. The van der Waals surface area contributed by atoms with Crippen LogP contribution in [0.1, 0.15) is 12.8 Å². The molecule has 5 nitrogen and oxygen atoms in total. The molecule has 0 aromatic carbocycles. The molecule has 1 aliphatic heterocycles. The normalized spacial score (nSPS) is 19.3. The fourth-order valence-electron chi connectivity index (χ4n) is 1.19. The lowest BCUT2D eigenvalue weighted by Crippen LogP contribution is -2.31. The third-order valence-electron chi connectivity index (χ3n) is 1.93. The van der Waals surface area contributed by atoms with Gasteiger partial charge in [-0.1, -0.05) is 5.92 Å². The molecule has 82 valence electrons. The Hall–Kier alpha value is -1.54. The molecule has 1 heterocycles. The van der Waals surface area contributed by atoms with Gasteiger partial charge in [-0.25, -0.2) is 4.79 Å². The average molecular weight is 211 g/mol. The van der Waals surface area contributed by atoms with E-state index in [4.69, 9.17) is 15.9 Å². The first-order chi connectivity index (χ1) is 7.24. The highest BCUT2D eigenvalue weighted by Crippen LogP contribution is 2.12. The van der Waals surface area contributed by atoms with Gasteiger partial charge >= 0.3 is 5.97 Å². The van der Waals surface area contributed by atoms with E-state index in [1.807, 2.05) is 0 Å². The molecule has 0 saturated carbocycles. The van der Waals surface area contributed by atoms with Crippen LogP contribution in [0.25, 0.3) is 0 Å². The van der Waals surface area contributed by atoms with Crippen molar-refractivity contribution in [2.45, 2.75) is 18.9 Å². The quantitative estimate of drug-likeness (QED) is 0.501. The second-order valence-electron chi connectivity index (χ2n) is 3.09. The van der Waals surface area contributed by atoms with Crippen molar-refractivity contribution in [3.63, 3.8) is 0 Å². The fourth-order valence-corrected chi connectivity index (χ4v) is 1.19. The van der Waals surface area contributed by atoms with Crippen LogP contribution in [0, 0.1) is 12.3 Å². The van der Waals surface area contributed by atoms with Crippen LogP contribution in [0.3, 0.4) is 0 Å². The maximum absolute atomic E-state index is 11.3. The van der Waals surface area contributed by atoms with E-state index >= 15 is 0 Å². The summed E-state index contributed by atoms with van der Waals surface area (Å²) in [7, 11) is 0. The number of hydrogen-bond donors (Lipinski definition) is 1. The number of esters is 1. The van der Waals surface area contributed by atoms with Gasteiger partial charge in [-0.15, -0.1) is 6.42 Å². The number of hydrogen-bond acceptors (Lipinski definition) is 4. The standard InChI is InChI=1S/C10H13NO4/c1-2-5-11-9(12)7-15-10(13)8-4-3-6-14-8/h1,8H,3-7H2,(H,11,12)/t8-/m0/s1. The Kier molecular flexibility index (Phi) is 4.64. The van der Waals surface area contributed by atoms with Crippen LogP contribution < -0.4 is 5.32 Å². The van der Waals surface area contributed by atoms with Crippen LogP contribution >= 0.6 is 0 Å². The van der Waals surface area contributed by atoms with Gasteiger partial charge in [0.1, 0.15) is 0 Å². The molecule has 0 aliphatic carbocycles. The maximum atomic E-state index is 11.3. The molecule has 0 aromatic heterocycles. The van der Waals surface area contributed by atoms with Gasteiger partial charge in [0, 0.05) is 6.61 Å². The summed E-state index contributed by atoms with van der Waals surface area (Å²) in [5, 5.41) is 2.39. The number of terminal acetylenes is 1. The highest BCUT2D eigenvalue weighted by molar-refractivity contribution is 5.82. The Morgan fingerprint density at radius 2 is 2.40 bits per heavy atom. The molecule has 0 unspecified atom stereocenters. The summed E-state index contributed by atoms with van der Waals surface area (Å²) in [6.45, 7) is 0.403. The lowest BCUT2D eigenvalue weighted by Gasteiger charge is -2.08. The SMILES string of the molecule is C#CCNC(=O)COC(=O)[C@@H]1CCCO1. The van der Waals surface area contributed by atoms with Crippen molar-refractivity contribution in [2.24, 2.45) is 0 Å². The molecule has 1 saturated heterocycles. The molecule has 1 amide bonds. The molecule has 0 bridgehead atoms. The van der Waals surface area contributed by atoms with Gasteiger partial charge in [-0.05, 0) is 12.8 Å². The van der Waals surface area contributed by atoms with Gasteiger partial charge in [-0.3, -0.25) is 4.79 Å². The van der Waals surface area contributed by atoms with E-state index in [0.29, 0.717) is 13.0 Å². The molecule has 1 atom stereocenters. The van der Waals surface area contributed by atoms with Crippen LogP contribution in [0.15, 0.2) is 0 Å². The highest BCUT2D eigenvalue weighted by atomic mass is 16.6. The van der Waals surface area contributed by atoms with Crippen LogP contribution in [0.5, 0.6) is 0 Å². The lowest BCUT2D eigenvalue weighted by molar-refractivity contribution is -0.157. The first-order valence-electron chi connectivity index (χ1n) is 4.72. The van der Waals surface area contributed by atoms with E-state index in [1.165, 1.54) is 0 Å². The van der Waals surface area contributed by atoms with Crippen molar-refractivity contribution in [2.75, 3.05) is 19.8 Å². The number of rotatable bonds is 4. The van der Waals surface area contributed by atoms with E-state index in [9.17, 15) is 9.59 Å². The highest BCUT2D eigenvalue weighted by Gasteiger charge is 2.25. The number of carbonyl (C=O) groups excluding carboxylic acids is 2. The summed E-state index contributed by atoms with van der Waals surface area (Å²) in [5.41, 5.74) is 0. The molecular weight excluding hydrogens is 198 g/mol. The minimum Gasteiger partial charge on any atom is -0.454 e. The Labute approximate surface area is 88.1 Å². The van der Waals surface area contributed by atoms with Gasteiger partial charge in [0.25, 0.3) is 5.91 Å². The molecule has 1 N–H and O–H groups in total. The smallest absolute Gasteiger partial charge is 0.335 e. The maximum Gasteiger partial charge on any atom is 0.335 e. The molecule has 1 aliphatic rings. The van der Waals surface area contributed by atoms with Gasteiger partial charge in [0.2, 0.25) is 0 Å². The van der Waals surface area contributed by atoms with Crippen molar-refractivity contribution in [3.05, 3.63) is 0 Å². The van der Waals surface area contributed by atoms with E-state index in [-0.39, 0.29) is 13.2 Å². The first-order valence-corrected chi connectivity index (χ1v) is 4.72. The summed E-state index contributed by atoms with van der Waals surface area (Å²) in [5.74, 6) is 1.36. The molecule has 0 radical (unpaired) electrons. The van der Waals surface area contributed by atoms with Gasteiger partial charge in [-0.2, -0.15) is 0 Å². The molecule has 1 rings (SSSR count). The summed E-state index contributed by atoms with van der Waals surface area (Å²) in [6, 6.07) is 0. The molecule has 5 heteroatoms. The Morgan fingerprint density at radius 3 is 3.00 bits per heavy atom. The number of amides is 1. The van der Waals surface area contributed by atoms with E-state index < -0.39 is 18.0 Å². The van der Waals surface area contributed by atoms with Gasteiger partial charge in [0.15, 0.2) is 12.7 Å². The number of carbonyl (C=O) groups is 2. The minimum absolute atomic E-state index is 0.135. The minimum atomic E-state index is -0.509. The Morgan fingerprint density at radius 1 is 1.60 bits per heavy atom.